The molecular formula is C20H19N. The summed E-state index contributed by atoms with van der Waals surface area (Å²) in [5.41, 5.74) is 6.14. The van der Waals surface area contributed by atoms with E-state index in [1.807, 2.05) is 6.07 Å². The van der Waals surface area contributed by atoms with Crippen molar-refractivity contribution in [3.05, 3.63) is 65.7 Å². The summed E-state index contributed by atoms with van der Waals surface area (Å²) in [6, 6.07) is 19.4. The highest BCUT2D eigenvalue weighted by Gasteiger charge is 2.33. The van der Waals surface area contributed by atoms with Crippen molar-refractivity contribution in [2.75, 3.05) is 0 Å². The van der Waals surface area contributed by atoms with Crippen LogP contribution in [0.15, 0.2) is 54.6 Å². The Morgan fingerprint density at radius 1 is 1.00 bits per heavy atom. The molecule has 2 aromatic carbocycles. The van der Waals surface area contributed by atoms with E-state index in [4.69, 9.17) is 4.98 Å². The van der Waals surface area contributed by atoms with Gasteiger partial charge < -0.3 is 0 Å². The van der Waals surface area contributed by atoms with Crippen molar-refractivity contribution in [1.29, 1.82) is 0 Å². The average Bonchev–Trinajstić information content (AvgIpc) is 3.24. The molecular weight excluding hydrogens is 254 g/mol. The number of benzene rings is 2. The molecule has 4 rings (SSSR count). The van der Waals surface area contributed by atoms with Gasteiger partial charge in [-0.05, 0) is 48.4 Å². The van der Waals surface area contributed by atoms with E-state index in [-0.39, 0.29) is 0 Å². The van der Waals surface area contributed by atoms with Crippen molar-refractivity contribution < 1.29 is 0 Å². The average molecular weight is 273 g/mol. The maximum atomic E-state index is 4.90. The maximum absolute atomic E-state index is 4.90. The minimum absolute atomic E-state index is 0.747. The number of rotatable bonds is 2. The topological polar surface area (TPSA) is 12.9 Å². The van der Waals surface area contributed by atoms with Crippen LogP contribution in [0.4, 0.5) is 0 Å². The molecule has 21 heavy (non-hydrogen) atoms. The van der Waals surface area contributed by atoms with Crippen molar-refractivity contribution >= 4 is 10.9 Å². The number of hydrogen-bond acceptors (Lipinski definition) is 1. The van der Waals surface area contributed by atoms with Crippen LogP contribution in [0, 0.1) is 12.8 Å². The lowest BCUT2D eigenvalue weighted by atomic mass is 10.0. The van der Waals surface area contributed by atoms with E-state index in [0.717, 1.165) is 23.0 Å². The second-order valence-corrected chi connectivity index (χ2v) is 6.29. The molecule has 3 aromatic rings. The van der Waals surface area contributed by atoms with Crippen molar-refractivity contribution in [1.82, 2.24) is 4.98 Å². The first-order valence-corrected chi connectivity index (χ1v) is 7.69. The lowest BCUT2D eigenvalue weighted by molar-refractivity contribution is 0.915. The van der Waals surface area contributed by atoms with E-state index in [1.54, 1.807) is 0 Å². The summed E-state index contributed by atoms with van der Waals surface area (Å²) in [5, 5.41) is 1.27. The van der Waals surface area contributed by atoms with Gasteiger partial charge >= 0.3 is 0 Å². The standard InChI is InChI=1S/C20H19N/c1-13-10-18(13)16-8-9-17-14(2)11-19(21-20(17)12-16)15-6-4-3-5-7-15/h3-9,11-13,18H,10H2,1-2H3/t13-,18+/m0/s1. The molecule has 2 atom stereocenters. The smallest absolute Gasteiger partial charge is 0.0715 e. The monoisotopic (exact) mass is 273 g/mol. The van der Waals surface area contributed by atoms with Crippen molar-refractivity contribution in [3.8, 4) is 11.3 Å². The van der Waals surface area contributed by atoms with E-state index in [9.17, 15) is 0 Å². The van der Waals surface area contributed by atoms with Crippen LogP contribution in [0.5, 0.6) is 0 Å². The molecule has 0 radical (unpaired) electrons. The Morgan fingerprint density at radius 3 is 2.48 bits per heavy atom. The molecule has 1 nitrogen and oxygen atoms in total. The third-order valence-electron chi connectivity index (χ3n) is 4.65. The molecule has 1 saturated carbocycles. The molecule has 0 spiro atoms. The van der Waals surface area contributed by atoms with Crippen LogP contribution in [0.2, 0.25) is 0 Å². The first-order valence-electron chi connectivity index (χ1n) is 7.69. The van der Waals surface area contributed by atoms with Gasteiger partial charge in [0.1, 0.15) is 0 Å². The number of nitrogens with zero attached hydrogens (tertiary/aromatic N) is 1. The predicted molar refractivity (Wildman–Crippen MR) is 88.4 cm³/mol. The maximum Gasteiger partial charge on any atom is 0.0715 e. The lowest BCUT2D eigenvalue weighted by Gasteiger charge is -2.08. The summed E-state index contributed by atoms with van der Waals surface area (Å²) >= 11 is 0. The lowest BCUT2D eigenvalue weighted by Crippen LogP contribution is -1.91. The second kappa shape index (κ2) is 4.70. The van der Waals surface area contributed by atoms with Gasteiger partial charge in [0, 0.05) is 10.9 Å². The minimum Gasteiger partial charge on any atom is -0.248 e. The van der Waals surface area contributed by atoms with Crippen molar-refractivity contribution in [2.24, 2.45) is 5.92 Å². The van der Waals surface area contributed by atoms with Crippen LogP contribution in [0.25, 0.3) is 22.2 Å². The third-order valence-corrected chi connectivity index (χ3v) is 4.65. The van der Waals surface area contributed by atoms with E-state index >= 15 is 0 Å². The Balaban J connectivity index is 1.87. The SMILES string of the molecule is Cc1cc(-c2ccccc2)nc2cc([C@@H]3C[C@@H]3C)ccc12. The van der Waals surface area contributed by atoms with Gasteiger partial charge in [0.05, 0.1) is 11.2 Å². The number of pyridine rings is 1. The van der Waals surface area contributed by atoms with Crippen LogP contribution < -0.4 is 0 Å². The first-order chi connectivity index (χ1) is 10.2. The minimum atomic E-state index is 0.747. The molecule has 1 aliphatic rings. The van der Waals surface area contributed by atoms with E-state index in [0.29, 0.717) is 0 Å². The molecule has 1 heteroatoms. The molecule has 1 heterocycles. The molecule has 1 aliphatic carbocycles. The second-order valence-electron chi connectivity index (χ2n) is 6.29. The molecule has 0 aliphatic heterocycles. The fraction of sp³-hybridized carbons (Fsp3) is 0.250. The fourth-order valence-electron chi connectivity index (χ4n) is 3.19. The Kier molecular flexibility index (Phi) is 2.81. The van der Waals surface area contributed by atoms with Gasteiger partial charge in [-0.1, -0.05) is 49.4 Å². The summed E-state index contributed by atoms with van der Waals surface area (Å²) in [6.07, 6.45) is 1.32. The van der Waals surface area contributed by atoms with Crippen LogP contribution in [-0.2, 0) is 0 Å². The van der Waals surface area contributed by atoms with Crippen LogP contribution in [0.1, 0.15) is 30.4 Å². The van der Waals surface area contributed by atoms with E-state index in [1.165, 1.54) is 28.5 Å². The molecule has 0 amide bonds. The summed E-state index contributed by atoms with van der Waals surface area (Å²) in [4.78, 5) is 4.90. The number of hydrogen-bond donors (Lipinski definition) is 0. The van der Waals surface area contributed by atoms with Gasteiger partial charge in [-0.25, -0.2) is 4.98 Å². The quantitative estimate of drug-likeness (QED) is 0.614. The van der Waals surface area contributed by atoms with Crippen LogP contribution >= 0.6 is 0 Å². The molecule has 1 fully saturated rings. The normalized spacial score (nSPS) is 20.7. The number of aromatic nitrogens is 1. The summed E-state index contributed by atoms with van der Waals surface area (Å²) in [6.45, 7) is 4.50. The Morgan fingerprint density at radius 2 is 1.76 bits per heavy atom. The van der Waals surface area contributed by atoms with Crippen LogP contribution in [-0.4, -0.2) is 4.98 Å². The molecule has 0 N–H and O–H groups in total. The third kappa shape index (κ3) is 2.23. The van der Waals surface area contributed by atoms with Gasteiger partial charge in [-0.2, -0.15) is 0 Å². The summed E-state index contributed by atoms with van der Waals surface area (Å²) < 4.78 is 0. The molecule has 0 bridgehead atoms. The molecule has 104 valence electrons. The largest absolute Gasteiger partial charge is 0.248 e. The zero-order chi connectivity index (χ0) is 14.4. The molecule has 0 unspecified atom stereocenters. The Bertz CT molecular complexity index is 805. The van der Waals surface area contributed by atoms with Gasteiger partial charge in [0.25, 0.3) is 0 Å². The summed E-state index contributed by atoms with van der Waals surface area (Å²) in [5.74, 6) is 1.58. The van der Waals surface area contributed by atoms with Gasteiger partial charge in [0.2, 0.25) is 0 Å². The molecule has 1 aromatic heterocycles. The number of aryl methyl sites for hydroxylation is 1. The van der Waals surface area contributed by atoms with Gasteiger partial charge in [-0.15, -0.1) is 0 Å². The van der Waals surface area contributed by atoms with Gasteiger partial charge in [0.15, 0.2) is 0 Å². The predicted octanol–water partition coefficient (Wildman–Crippen LogP) is 5.33. The zero-order valence-electron chi connectivity index (χ0n) is 12.5. The van der Waals surface area contributed by atoms with Crippen molar-refractivity contribution in [3.63, 3.8) is 0 Å². The van der Waals surface area contributed by atoms with Gasteiger partial charge in [-0.3, -0.25) is 0 Å². The Hall–Kier alpha value is -2.15. The van der Waals surface area contributed by atoms with Crippen LogP contribution in [0.3, 0.4) is 0 Å². The molecule has 0 saturated heterocycles. The highest BCUT2D eigenvalue weighted by atomic mass is 14.7. The van der Waals surface area contributed by atoms with Crippen molar-refractivity contribution in [2.45, 2.75) is 26.2 Å². The summed E-state index contributed by atoms with van der Waals surface area (Å²) in [7, 11) is 0. The fourth-order valence-corrected chi connectivity index (χ4v) is 3.19. The first kappa shape index (κ1) is 12.6. The highest BCUT2D eigenvalue weighted by Crippen LogP contribution is 2.47. The van der Waals surface area contributed by atoms with E-state index < -0.39 is 0 Å². The van der Waals surface area contributed by atoms with E-state index in [2.05, 4.69) is 62.4 Å². The number of fused-ring (bicyclic) bond motifs is 1. The zero-order valence-corrected chi connectivity index (χ0v) is 12.5. The highest BCUT2D eigenvalue weighted by molar-refractivity contribution is 5.85. The Labute approximate surface area is 125 Å².